The van der Waals surface area contributed by atoms with E-state index in [4.69, 9.17) is 20.8 Å². The average Bonchev–Trinajstić information content (AvgIpc) is 3.10. The number of carbonyl (C=O) groups excluding carboxylic acids is 1. The Morgan fingerprint density at radius 2 is 1.84 bits per heavy atom. The molecule has 0 atom stereocenters. The molecule has 6 nitrogen and oxygen atoms in total. The molecule has 1 heterocycles. The van der Waals surface area contributed by atoms with E-state index in [1.165, 1.54) is 0 Å². The van der Waals surface area contributed by atoms with Crippen LogP contribution in [0.25, 0.3) is 11.5 Å². The molecule has 0 saturated carbocycles. The lowest BCUT2D eigenvalue weighted by atomic mass is 10.2. The number of benzene rings is 2. The van der Waals surface area contributed by atoms with Crippen LogP contribution in [0, 0.1) is 0 Å². The minimum Gasteiger partial charge on any atom is -0.445 e. The van der Waals surface area contributed by atoms with Crippen molar-refractivity contribution >= 4 is 17.7 Å². The summed E-state index contributed by atoms with van der Waals surface area (Å²) >= 11 is 6.10. The number of carbonyl (C=O) groups is 1. The van der Waals surface area contributed by atoms with Gasteiger partial charge in [0.1, 0.15) is 6.61 Å². The van der Waals surface area contributed by atoms with Gasteiger partial charge in [0.05, 0.1) is 10.6 Å². The van der Waals surface area contributed by atoms with Gasteiger partial charge in [0.25, 0.3) is 0 Å². The molecule has 0 unspecified atom stereocenters. The van der Waals surface area contributed by atoms with Crippen LogP contribution in [0.1, 0.15) is 11.5 Å². The lowest BCUT2D eigenvalue weighted by Crippen LogP contribution is -2.26. The fourth-order valence-corrected chi connectivity index (χ4v) is 2.36. The molecule has 3 rings (SSSR count). The van der Waals surface area contributed by atoms with Crippen LogP contribution in [0.15, 0.2) is 59.0 Å². The first kappa shape index (κ1) is 17.0. The highest BCUT2D eigenvalue weighted by molar-refractivity contribution is 6.33. The lowest BCUT2D eigenvalue weighted by molar-refractivity contribution is 0.139. The van der Waals surface area contributed by atoms with Gasteiger partial charge < -0.3 is 14.5 Å². The van der Waals surface area contributed by atoms with Crippen LogP contribution in [-0.2, 0) is 17.8 Å². The van der Waals surface area contributed by atoms with Gasteiger partial charge in [-0.15, -0.1) is 10.2 Å². The second-order valence-corrected chi connectivity index (χ2v) is 5.63. The standard InChI is InChI=1S/C18H16ClN3O3/c19-15-9-5-4-8-14(15)17-22-21-16(25-17)10-11-20-18(23)24-12-13-6-2-1-3-7-13/h1-9H,10-12H2,(H,20,23). The van der Waals surface area contributed by atoms with Gasteiger partial charge in [0, 0.05) is 13.0 Å². The number of alkyl carbamates (subject to hydrolysis) is 1. The van der Waals surface area contributed by atoms with Gasteiger partial charge in [-0.2, -0.15) is 0 Å². The van der Waals surface area contributed by atoms with Gasteiger partial charge in [-0.25, -0.2) is 4.79 Å². The normalized spacial score (nSPS) is 10.4. The monoisotopic (exact) mass is 357 g/mol. The maximum absolute atomic E-state index is 11.7. The molecule has 0 aliphatic heterocycles. The molecular formula is C18H16ClN3O3. The van der Waals surface area contributed by atoms with E-state index in [0.29, 0.717) is 35.3 Å². The van der Waals surface area contributed by atoms with Crippen molar-refractivity contribution < 1.29 is 13.9 Å². The molecule has 3 aromatic rings. The van der Waals surface area contributed by atoms with Gasteiger partial charge in [0.2, 0.25) is 11.8 Å². The van der Waals surface area contributed by atoms with Crippen LogP contribution in [0.5, 0.6) is 0 Å². The number of hydrogen-bond acceptors (Lipinski definition) is 5. The Kier molecular flexibility index (Phi) is 5.64. The number of aromatic nitrogens is 2. The van der Waals surface area contributed by atoms with Crippen LogP contribution in [0.3, 0.4) is 0 Å². The summed E-state index contributed by atoms with van der Waals surface area (Å²) in [5.74, 6) is 0.769. The molecule has 0 spiro atoms. The summed E-state index contributed by atoms with van der Waals surface area (Å²) in [6.07, 6.45) is -0.0903. The third-order valence-corrected chi connectivity index (χ3v) is 3.72. The molecule has 1 amide bonds. The molecule has 7 heteroatoms. The van der Waals surface area contributed by atoms with E-state index in [2.05, 4.69) is 15.5 Å². The molecule has 1 aromatic heterocycles. The van der Waals surface area contributed by atoms with E-state index < -0.39 is 6.09 Å². The third-order valence-electron chi connectivity index (χ3n) is 3.39. The first-order valence-electron chi connectivity index (χ1n) is 7.74. The molecule has 1 N–H and O–H groups in total. The molecule has 0 aliphatic rings. The van der Waals surface area contributed by atoms with Crippen molar-refractivity contribution in [3.05, 3.63) is 71.1 Å². The fraction of sp³-hybridized carbons (Fsp3) is 0.167. The van der Waals surface area contributed by atoms with Crippen molar-refractivity contribution in [1.82, 2.24) is 15.5 Å². The Balaban J connectivity index is 1.45. The van der Waals surface area contributed by atoms with Crippen molar-refractivity contribution in [3.8, 4) is 11.5 Å². The van der Waals surface area contributed by atoms with E-state index in [1.54, 1.807) is 12.1 Å². The van der Waals surface area contributed by atoms with Gasteiger partial charge in [-0.05, 0) is 17.7 Å². The summed E-state index contributed by atoms with van der Waals surface area (Å²) in [4.78, 5) is 11.7. The number of hydrogen-bond donors (Lipinski definition) is 1. The van der Waals surface area contributed by atoms with E-state index >= 15 is 0 Å². The zero-order valence-corrected chi connectivity index (χ0v) is 14.1. The summed E-state index contributed by atoms with van der Waals surface area (Å²) in [5.41, 5.74) is 1.61. The Bertz CT molecular complexity index is 836. The molecular weight excluding hydrogens is 342 g/mol. The highest BCUT2D eigenvalue weighted by atomic mass is 35.5. The number of halogens is 1. The van der Waals surface area contributed by atoms with E-state index in [1.807, 2.05) is 42.5 Å². The number of amides is 1. The van der Waals surface area contributed by atoms with E-state index in [-0.39, 0.29) is 6.61 Å². The Hall–Kier alpha value is -2.86. The smallest absolute Gasteiger partial charge is 0.407 e. The Labute approximate surface area is 149 Å². The van der Waals surface area contributed by atoms with Crippen molar-refractivity contribution in [2.75, 3.05) is 6.54 Å². The molecule has 0 fully saturated rings. The summed E-state index contributed by atoms with van der Waals surface area (Å²) in [6.45, 7) is 0.557. The zero-order chi connectivity index (χ0) is 17.5. The summed E-state index contributed by atoms with van der Waals surface area (Å²) in [5, 5.41) is 11.1. The van der Waals surface area contributed by atoms with Gasteiger partial charge >= 0.3 is 6.09 Å². The highest BCUT2D eigenvalue weighted by Crippen LogP contribution is 2.26. The molecule has 0 saturated heterocycles. The SMILES string of the molecule is O=C(NCCc1nnc(-c2ccccc2Cl)o1)OCc1ccccc1. The van der Waals surface area contributed by atoms with Crippen LogP contribution in [0.4, 0.5) is 4.79 Å². The molecule has 0 bridgehead atoms. The maximum Gasteiger partial charge on any atom is 0.407 e. The predicted molar refractivity (Wildman–Crippen MR) is 93.1 cm³/mol. The third kappa shape index (κ3) is 4.81. The summed E-state index contributed by atoms with van der Waals surface area (Å²) < 4.78 is 10.7. The first-order chi connectivity index (χ1) is 12.2. The Morgan fingerprint density at radius 3 is 2.64 bits per heavy atom. The summed E-state index contributed by atoms with van der Waals surface area (Å²) in [6, 6.07) is 16.7. The molecule has 0 radical (unpaired) electrons. The second-order valence-electron chi connectivity index (χ2n) is 5.22. The lowest BCUT2D eigenvalue weighted by Gasteiger charge is -2.05. The van der Waals surface area contributed by atoms with Gasteiger partial charge in [-0.1, -0.05) is 54.1 Å². The van der Waals surface area contributed by atoms with Crippen molar-refractivity contribution in [2.45, 2.75) is 13.0 Å². The number of nitrogens with one attached hydrogen (secondary N) is 1. The fourth-order valence-electron chi connectivity index (χ4n) is 2.14. The molecule has 128 valence electrons. The van der Waals surface area contributed by atoms with E-state index in [9.17, 15) is 4.79 Å². The summed E-state index contributed by atoms with van der Waals surface area (Å²) in [7, 11) is 0. The number of ether oxygens (including phenoxy) is 1. The van der Waals surface area contributed by atoms with Crippen molar-refractivity contribution in [3.63, 3.8) is 0 Å². The van der Waals surface area contributed by atoms with Gasteiger partial charge in [0.15, 0.2) is 0 Å². The molecule has 2 aromatic carbocycles. The molecule has 0 aliphatic carbocycles. The largest absolute Gasteiger partial charge is 0.445 e. The quantitative estimate of drug-likeness (QED) is 0.724. The average molecular weight is 358 g/mol. The van der Waals surface area contributed by atoms with Crippen LogP contribution < -0.4 is 5.32 Å². The van der Waals surface area contributed by atoms with Gasteiger partial charge in [-0.3, -0.25) is 0 Å². The van der Waals surface area contributed by atoms with Crippen molar-refractivity contribution in [2.24, 2.45) is 0 Å². The second kappa shape index (κ2) is 8.30. The van der Waals surface area contributed by atoms with Crippen LogP contribution in [-0.4, -0.2) is 22.8 Å². The number of rotatable bonds is 6. The minimum absolute atomic E-state index is 0.226. The van der Waals surface area contributed by atoms with Crippen LogP contribution in [0.2, 0.25) is 5.02 Å². The Morgan fingerprint density at radius 1 is 1.08 bits per heavy atom. The van der Waals surface area contributed by atoms with Crippen LogP contribution >= 0.6 is 11.6 Å². The van der Waals surface area contributed by atoms with E-state index in [0.717, 1.165) is 5.56 Å². The minimum atomic E-state index is -0.491. The highest BCUT2D eigenvalue weighted by Gasteiger charge is 2.11. The number of nitrogens with zero attached hydrogens (tertiary/aromatic N) is 2. The predicted octanol–water partition coefficient (Wildman–Crippen LogP) is 3.86. The first-order valence-corrected chi connectivity index (χ1v) is 8.12. The zero-order valence-electron chi connectivity index (χ0n) is 13.3. The van der Waals surface area contributed by atoms with Crippen molar-refractivity contribution in [1.29, 1.82) is 0 Å². The topological polar surface area (TPSA) is 77.3 Å². The maximum atomic E-state index is 11.7. The molecule has 25 heavy (non-hydrogen) atoms.